The molecule has 7 heteroatoms. The van der Waals surface area contributed by atoms with E-state index in [1.165, 1.54) is 11.3 Å². The fourth-order valence-electron chi connectivity index (χ4n) is 1.79. The number of thiazole rings is 1. The molecule has 2 amide bonds. The third-order valence-electron chi connectivity index (χ3n) is 3.23. The van der Waals surface area contributed by atoms with Crippen molar-refractivity contribution in [3.8, 4) is 0 Å². The third-order valence-corrected chi connectivity index (χ3v) is 4.40. The summed E-state index contributed by atoms with van der Waals surface area (Å²) < 4.78 is 0. The molecule has 1 aromatic carbocycles. The molecule has 0 unspecified atom stereocenters. The molecule has 2 aromatic rings. The lowest BCUT2D eigenvalue weighted by atomic mass is 9.96. The van der Waals surface area contributed by atoms with Crippen molar-refractivity contribution < 1.29 is 9.59 Å². The maximum atomic E-state index is 12.0. The van der Waals surface area contributed by atoms with E-state index < -0.39 is 5.41 Å². The molecular weight excluding hydrogens is 346 g/mol. The number of hydrogen-bond donors (Lipinski definition) is 2. The van der Waals surface area contributed by atoms with E-state index in [4.69, 9.17) is 11.6 Å². The number of nitrogens with zero attached hydrogens (tertiary/aromatic N) is 1. The SMILES string of the molecule is CC(C)(C)C(=O)Nc1nc(CC(=O)NCc2ccccc2Cl)cs1. The summed E-state index contributed by atoms with van der Waals surface area (Å²) in [6.07, 6.45) is 0.159. The Morgan fingerprint density at radius 2 is 1.96 bits per heavy atom. The van der Waals surface area contributed by atoms with E-state index >= 15 is 0 Å². The Hall–Kier alpha value is -1.92. The number of rotatable bonds is 5. The first-order valence-corrected chi connectivity index (χ1v) is 8.77. The van der Waals surface area contributed by atoms with Crippen LogP contribution in [0.1, 0.15) is 32.0 Å². The highest BCUT2D eigenvalue weighted by atomic mass is 35.5. The molecule has 0 saturated carbocycles. The maximum absolute atomic E-state index is 12.0. The third kappa shape index (κ3) is 5.32. The van der Waals surface area contributed by atoms with Crippen LogP contribution in [0.25, 0.3) is 0 Å². The standard InChI is InChI=1S/C17H20ClN3O2S/c1-17(2,3)15(23)21-16-20-12(10-24-16)8-14(22)19-9-11-6-4-5-7-13(11)18/h4-7,10H,8-9H2,1-3H3,(H,19,22)(H,20,21,23). The molecule has 0 saturated heterocycles. The van der Waals surface area contributed by atoms with E-state index in [1.807, 2.05) is 39.0 Å². The summed E-state index contributed by atoms with van der Waals surface area (Å²) in [6.45, 7) is 5.87. The van der Waals surface area contributed by atoms with Crippen molar-refractivity contribution in [3.05, 3.63) is 45.9 Å². The van der Waals surface area contributed by atoms with Crippen molar-refractivity contribution in [1.82, 2.24) is 10.3 Å². The van der Waals surface area contributed by atoms with Crippen LogP contribution in [0.15, 0.2) is 29.6 Å². The minimum Gasteiger partial charge on any atom is -0.352 e. The van der Waals surface area contributed by atoms with Gasteiger partial charge in [-0.25, -0.2) is 4.98 Å². The van der Waals surface area contributed by atoms with Crippen LogP contribution in [-0.4, -0.2) is 16.8 Å². The van der Waals surface area contributed by atoms with Crippen LogP contribution >= 0.6 is 22.9 Å². The lowest BCUT2D eigenvalue weighted by Crippen LogP contribution is -2.27. The van der Waals surface area contributed by atoms with Gasteiger partial charge in [0.15, 0.2) is 5.13 Å². The topological polar surface area (TPSA) is 71.1 Å². The fourth-order valence-corrected chi connectivity index (χ4v) is 2.70. The zero-order valence-electron chi connectivity index (χ0n) is 13.9. The van der Waals surface area contributed by atoms with Gasteiger partial charge < -0.3 is 10.6 Å². The van der Waals surface area contributed by atoms with Gasteiger partial charge in [-0.2, -0.15) is 0 Å². The quantitative estimate of drug-likeness (QED) is 0.849. The highest BCUT2D eigenvalue weighted by molar-refractivity contribution is 7.13. The molecule has 24 heavy (non-hydrogen) atoms. The van der Waals surface area contributed by atoms with Crippen LogP contribution in [0.4, 0.5) is 5.13 Å². The molecule has 0 fully saturated rings. The normalized spacial score (nSPS) is 11.2. The molecule has 0 radical (unpaired) electrons. The number of anilines is 1. The zero-order valence-corrected chi connectivity index (χ0v) is 15.4. The fraction of sp³-hybridized carbons (Fsp3) is 0.353. The second-order valence-corrected chi connectivity index (χ2v) is 7.66. The number of hydrogen-bond acceptors (Lipinski definition) is 4. The Morgan fingerprint density at radius 3 is 2.62 bits per heavy atom. The number of amides is 2. The highest BCUT2D eigenvalue weighted by Crippen LogP contribution is 2.21. The van der Waals surface area contributed by atoms with Crippen molar-refractivity contribution in [1.29, 1.82) is 0 Å². The molecule has 0 aliphatic rings. The first-order valence-electron chi connectivity index (χ1n) is 7.51. The molecule has 0 aliphatic heterocycles. The van der Waals surface area contributed by atoms with Crippen LogP contribution in [0.2, 0.25) is 5.02 Å². The number of benzene rings is 1. The number of carbonyl (C=O) groups is 2. The van der Waals surface area contributed by atoms with Gasteiger partial charge in [0.2, 0.25) is 11.8 Å². The number of aromatic nitrogens is 1. The monoisotopic (exact) mass is 365 g/mol. The lowest BCUT2D eigenvalue weighted by Gasteiger charge is -2.15. The molecule has 0 atom stereocenters. The molecule has 0 aliphatic carbocycles. The van der Waals surface area contributed by atoms with E-state index in [9.17, 15) is 9.59 Å². The summed E-state index contributed by atoms with van der Waals surface area (Å²) in [7, 11) is 0. The molecular formula is C17H20ClN3O2S. The first-order chi connectivity index (χ1) is 11.3. The highest BCUT2D eigenvalue weighted by Gasteiger charge is 2.22. The van der Waals surface area contributed by atoms with Crippen molar-refractivity contribution in [2.45, 2.75) is 33.7 Å². The Kier molecular flexibility index (Phi) is 5.96. The van der Waals surface area contributed by atoms with Crippen LogP contribution in [0, 0.1) is 5.41 Å². The maximum Gasteiger partial charge on any atom is 0.231 e. The van der Waals surface area contributed by atoms with Crippen molar-refractivity contribution >= 4 is 39.9 Å². The van der Waals surface area contributed by atoms with Crippen LogP contribution in [0.3, 0.4) is 0 Å². The molecule has 128 valence electrons. The van der Waals surface area contributed by atoms with Crippen LogP contribution in [0.5, 0.6) is 0 Å². The average Bonchev–Trinajstić information content (AvgIpc) is 2.92. The van der Waals surface area contributed by atoms with E-state index in [1.54, 1.807) is 11.4 Å². The predicted molar refractivity (Wildman–Crippen MR) is 97.2 cm³/mol. The molecule has 5 nitrogen and oxygen atoms in total. The van der Waals surface area contributed by atoms with Gasteiger partial charge in [-0.05, 0) is 11.6 Å². The minimum atomic E-state index is -0.488. The summed E-state index contributed by atoms with van der Waals surface area (Å²) in [5.74, 6) is -0.250. The van der Waals surface area contributed by atoms with Gasteiger partial charge in [-0.3, -0.25) is 9.59 Å². The van der Waals surface area contributed by atoms with Gasteiger partial charge in [-0.1, -0.05) is 50.6 Å². The zero-order chi connectivity index (χ0) is 17.7. The molecule has 0 spiro atoms. The van der Waals surface area contributed by atoms with Crippen LogP contribution in [-0.2, 0) is 22.6 Å². The van der Waals surface area contributed by atoms with Gasteiger partial charge in [0.05, 0.1) is 12.1 Å². The van der Waals surface area contributed by atoms with Gasteiger partial charge in [0, 0.05) is 22.4 Å². The smallest absolute Gasteiger partial charge is 0.231 e. The number of carbonyl (C=O) groups excluding carboxylic acids is 2. The van der Waals surface area contributed by atoms with E-state index in [0.717, 1.165) is 5.56 Å². The molecule has 1 heterocycles. The second-order valence-electron chi connectivity index (χ2n) is 6.39. The molecule has 1 aromatic heterocycles. The van der Waals surface area contributed by atoms with E-state index in [2.05, 4.69) is 15.6 Å². The van der Waals surface area contributed by atoms with Crippen molar-refractivity contribution in [2.24, 2.45) is 5.41 Å². The van der Waals surface area contributed by atoms with Gasteiger partial charge in [-0.15, -0.1) is 11.3 Å². The van der Waals surface area contributed by atoms with E-state index in [-0.39, 0.29) is 18.2 Å². The summed E-state index contributed by atoms with van der Waals surface area (Å²) in [5.41, 5.74) is 1.00. The predicted octanol–water partition coefficient (Wildman–Crippen LogP) is 3.64. The molecule has 2 rings (SSSR count). The Morgan fingerprint density at radius 1 is 1.25 bits per heavy atom. The Bertz CT molecular complexity index is 737. The largest absolute Gasteiger partial charge is 0.352 e. The van der Waals surface area contributed by atoms with Crippen LogP contribution < -0.4 is 10.6 Å². The second kappa shape index (κ2) is 7.77. The van der Waals surface area contributed by atoms with Crippen molar-refractivity contribution in [2.75, 3.05) is 5.32 Å². The van der Waals surface area contributed by atoms with Gasteiger partial charge in [0.25, 0.3) is 0 Å². The summed E-state index contributed by atoms with van der Waals surface area (Å²) in [5, 5.41) is 8.48. The number of nitrogens with one attached hydrogen (secondary N) is 2. The molecule has 0 bridgehead atoms. The Balaban J connectivity index is 1.87. The Labute approximate surface area is 150 Å². The molecule has 2 N–H and O–H groups in total. The summed E-state index contributed by atoms with van der Waals surface area (Å²) in [4.78, 5) is 28.2. The average molecular weight is 366 g/mol. The minimum absolute atomic E-state index is 0.105. The lowest BCUT2D eigenvalue weighted by molar-refractivity contribution is -0.123. The number of halogens is 1. The van der Waals surface area contributed by atoms with Crippen molar-refractivity contribution in [3.63, 3.8) is 0 Å². The van der Waals surface area contributed by atoms with Gasteiger partial charge >= 0.3 is 0 Å². The van der Waals surface area contributed by atoms with Gasteiger partial charge in [0.1, 0.15) is 0 Å². The summed E-state index contributed by atoms with van der Waals surface area (Å²) in [6, 6.07) is 7.37. The van der Waals surface area contributed by atoms with E-state index in [0.29, 0.717) is 22.4 Å². The first kappa shape index (κ1) is 18.4. The summed E-state index contributed by atoms with van der Waals surface area (Å²) >= 11 is 7.36.